The van der Waals surface area contributed by atoms with Crippen LogP contribution in [0.15, 0.2) is 18.2 Å². The standard InChI is InChI=1S/C9H10F3NO/c1-5(13)7-3-2-6(4-8(7)14)9(10,11)12/h2-5,14H,13H2,1H3. The highest BCUT2D eigenvalue weighted by Crippen LogP contribution is 2.33. The van der Waals surface area contributed by atoms with Gasteiger partial charge >= 0.3 is 6.18 Å². The van der Waals surface area contributed by atoms with Crippen molar-refractivity contribution in [2.24, 2.45) is 5.73 Å². The monoisotopic (exact) mass is 205 g/mol. The molecule has 0 fully saturated rings. The molecule has 1 aromatic rings. The molecule has 0 bridgehead atoms. The van der Waals surface area contributed by atoms with Crippen LogP contribution in [0.4, 0.5) is 13.2 Å². The van der Waals surface area contributed by atoms with E-state index in [0.29, 0.717) is 11.6 Å². The van der Waals surface area contributed by atoms with E-state index in [-0.39, 0.29) is 0 Å². The first-order chi connectivity index (χ1) is 6.32. The summed E-state index contributed by atoms with van der Waals surface area (Å²) in [5.74, 6) is -0.421. The molecule has 2 nitrogen and oxygen atoms in total. The minimum atomic E-state index is -4.44. The fraction of sp³-hybridized carbons (Fsp3) is 0.333. The summed E-state index contributed by atoms with van der Waals surface area (Å²) in [6.45, 7) is 1.59. The van der Waals surface area contributed by atoms with Crippen LogP contribution in [0.3, 0.4) is 0 Å². The zero-order valence-corrected chi connectivity index (χ0v) is 7.47. The van der Waals surface area contributed by atoms with Gasteiger partial charge in [0.05, 0.1) is 5.56 Å². The fourth-order valence-corrected chi connectivity index (χ4v) is 1.11. The van der Waals surface area contributed by atoms with Crippen LogP contribution in [0.5, 0.6) is 5.75 Å². The van der Waals surface area contributed by atoms with Gasteiger partial charge in [-0.05, 0) is 19.1 Å². The van der Waals surface area contributed by atoms with Gasteiger partial charge in [0, 0.05) is 11.6 Å². The van der Waals surface area contributed by atoms with Crippen LogP contribution >= 0.6 is 0 Å². The Balaban J connectivity index is 3.13. The lowest BCUT2D eigenvalue weighted by Gasteiger charge is -2.11. The molecule has 0 aromatic heterocycles. The summed E-state index contributed by atoms with van der Waals surface area (Å²) in [6.07, 6.45) is -4.44. The van der Waals surface area contributed by atoms with Crippen LogP contribution in [0.1, 0.15) is 24.1 Å². The Hall–Kier alpha value is -1.23. The number of hydrogen-bond donors (Lipinski definition) is 2. The largest absolute Gasteiger partial charge is 0.508 e. The average Bonchev–Trinajstić information content (AvgIpc) is 2.01. The third-order valence-electron chi connectivity index (χ3n) is 1.85. The van der Waals surface area contributed by atoms with Gasteiger partial charge in [0.2, 0.25) is 0 Å². The van der Waals surface area contributed by atoms with E-state index in [1.54, 1.807) is 6.92 Å². The Morgan fingerprint density at radius 3 is 2.29 bits per heavy atom. The van der Waals surface area contributed by atoms with E-state index in [1.165, 1.54) is 6.07 Å². The molecule has 1 rings (SSSR count). The van der Waals surface area contributed by atoms with Crippen LogP contribution in [0, 0.1) is 0 Å². The number of nitrogens with two attached hydrogens (primary N) is 1. The van der Waals surface area contributed by atoms with Gasteiger partial charge in [0.1, 0.15) is 5.75 Å². The molecule has 0 aliphatic rings. The molecule has 1 aromatic carbocycles. The maximum atomic E-state index is 12.2. The summed E-state index contributed by atoms with van der Waals surface area (Å²) in [4.78, 5) is 0. The topological polar surface area (TPSA) is 46.2 Å². The lowest BCUT2D eigenvalue weighted by atomic mass is 10.1. The van der Waals surface area contributed by atoms with E-state index < -0.39 is 23.5 Å². The lowest BCUT2D eigenvalue weighted by molar-refractivity contribution is -0.137. The van der Waals surface area contributed by atoms with Crippen molar-refractivity contribution in [3.05, 3.63) is 29.3 Å². The molecular formula is C9H10F3NO. The number of hydrogen-bond acceptors (Lipinski definition) is 2. The number of rotatable bonds is 1. The second kappa shape index (κ2) is 3.49. The number of phenols is 1. The quantitative estimate of drug-likeness (QED) is 0.739. The molecule has 3 N–H and O–H groups in total. The molecular weight excluding hydrogens is 195 g/mol. The summed E-state index contributed by atoms with van der Waals surface area (Å²) in [5, 5.41) is 9.25. The third-order valence-corrected chi connectivity index (χ3v) is 1.85. The number of halogens is 3. The minimum Gasteiger partial charge on any atom is -0.508 e. The van der Waals surface area contributed by atoms with Crippen molar-refractivity contribution in [3.63, 3.8) is 0 Å². The molecule has 0 aliphatic heterocycles. The van der Waals surface area contributed by atoms with E-state index in [4.69, 9.17) is 5.73 Å². The van der Waals surface area contributed by atoms with Gasteiger partial charge in [0.25, 0.3) is 0 Å². The zero-order valence-electron chi connectivity index (χ0n) is 7.47. The summed E-state index contributed by atoms with van der Waals surface area (Å²) in [6, 6.07) is 2.28. The smallest absolute Gasteiger partial charge is 0.416 e. The lowest BCUT2D eigenvalue weighted by Crippen LogP contribution is -2.08. The molecule has 0 spiro atoms. The molecule has 0 amide bonds. The number of aromatic hydroxyl groups is 1. The minimum absolute atomic E-state index is 0.304. The van der Waals surface area contributed by atoms with Gasteiger partial charge in [-0.1, -0.05) is 6.07 Å². The van der Waals surface area contributed by atoms with Crippen LogP contribution in [-0.2, 0) is 6.18 Å². The van der Waals surface area contributed by atoms with Crippen molar-refractivity contribution in [2.75, 3.05) is 0 Å². The van der Waals surface area contributed by atoms with E-state index in [2.05, 4.69) is 0 Å². The van der Waals surface area contributed by atoms with E-state index >= 15 is 0 Å². The van der Waals surface area contributed by atoms with Crippen LogP contribution in [0.2, 0.25) is 0 Å². The second-order valence-electron chi connectivity index (χ2n) is 3.06. The predicted octanol–water partition coefficient (Wildman–Crippen LogP) is 2.43. The van der Waals surface area contributed by atoms with E-state index in [9.17, 15) is 18.3 Å². The maximum Gasteiger partial charge on any atom is 0.416 e. The Labute approximate surface area is 79.2 Å². The number of alkyl halides is 3. The summed E-state index contributed by atoms with van der Waals surface area (Å²) >= 11 is 0. The van der Waals surface area contributed by atoms with Gasteiger partial charge in [-0.2, -0.15) is 13.2 Å². The van der Waals surface area contributed by atoms with Crippen LogP contribution in [0.25, 0.3) is 0 Å². The Bertz CT molecular complexity index is 333. The Morgan fingerprint density at radius 2 is 1.93 bits per heavy atom. The molecule has 0 radical (unpaired) electrons. The van der Waals surface area contributed by atoms with Gasteiger partial charge < -0.3 is 10.8 Å². The van der Waals surface area contributed by atoms with Gasteiger partial charge in [-0.15, -0.1) is 0 Å². The molecule has 1 unspecified atom stereocenters. The molecule has 14 heavy (non-hydrogen) atoms. The molecule has 0 aliphatic carbocycles. The predicted molar refractivity (Wildman–Crippen MR) is 45.7 cm³/mol. The normalized spacial score (nSPS) is 14.1. The summed E-state index contributed by atoms with van der Waals surface area (Å²) < 4.78 is 36.5. The highest BCUT2D eigenvalue weighted by Gasteiger charge is 2.31. The van der Waals surface area contributed by atoms with Crippen molar-refractivity contribution < 1.29 is 18.3 Å². The number of phenolic OH excluding ortho intramolecular Hbond substituents is 1. The van der Waals surface area contributed by atoms with Crippen LogP contribution in [-0.4, -0.2) is 5.11 Å². The SMILES string of the molecule is CC(N)c1ccc(C(F)(F)F)cc1O. The van der Waals surface area contributed by atoms with Gasteiger partial charge in [-0.25, -0.2) is 0 Å². The van der Waals surface area contributed by atoms with Crippen molar-refractivity contribution in [3.8, 4) is 5.75 Å². The van der Waals surface area contributed by atoms with Crippen molar-refractivity contribution in [1.29, 1.82) is 0 Å². The molecule has 0 saturated carbocycles. The first-order valence-electron chi connectivity index (χ1n) is 3.98. The fourth-order valence-electron chi connectivity index (χ4n) is 1.11. The molecule has 0 heterocycles. The van der Waals surface area contributed by atoms with Crippen molar-refractivity contribution >= 4 is 0 Å². The van der Waals surface area contributed by atoms with E-state index in [1.807, 2.05) is 0 Å². The van der Waals surface area contributed by atoms with Gasteiger partial charge in [0.15, 0.2) is 0 Å². The summed E-state index contributed by atoms with van der Waals surface area (Å²) in [5.41, 5.74) is 4.86. The highest BCUT2D eigenvalue weighted by atomic mass is 19.4. The molecule has 1 atom stereocenters. The average molecular weight is 205 g/mol. The first-order valence-corrected chi connectivity index (χ1v) is 3.98. The van der Waals surface area contributed by atoms with Crippen molar-refractivity contribution in [2.45, 2.75) is 19.1 Å². The van der Waals surface area contributed by atoms with Crippen LogP contribution < -0.4 is 5.73 Å². The molecule has 5 heteroatoms. The molecule has 78 valence electrons. The Kier molecular flexibility index (Phi) is 2.71. The molecule has 0 saturated heterocycles. The summed E-state index contributed by atoms with van der Waals surface area (Å²) in [7, 11) is 0. The Morgan fingerprint density at radius 1 is 1.36 bits per heavy atom. The third kappa shape index (κ3) is 2.17. The number of benzene rings is 1. The van der Waals surface area contributed by atoms with E-state index in [0.717, 1.165) is 6.07 Å². The maximum absolute atomic E-state index is 12.2. The first kappa shape index (κ1) is 10.8. The highest BCUT2D eigenvalue weighted by molar-refractivity contribution is 5.39. The second-order valence-corrected chi connectivity index (χ2v) is 3.06. The zero-order chi connectivity index (χ0) is 10.9. The van der Waals surface area contributed by atoms with Gasteiger partial charge in [-0.3, -0.25) is 0 Å². The van der Waals surface area contributed by atoms with Crippen molar-refractivity contribution in [1.82, 2.24) is 0 Å².